The van der Waals surface area contributed by atoms with Crippen molar-refractivity contribution in [1.29, 1.82) is 0 Å². The van der Waals surface area contributed by atoms with Crippen LogP contribution in [0.5, 0.6) is 0 Å². The van der Waals surface area contributed by atoms with Gasteiger partial charge in [-0.15, -0.1) is 11.3 Å². The second kappa shape index (κ2) is 8.87. The van der Waals surface area contributed by atoms with Crippen LogP contribution in [0.25, 0.3) is 22.3 Å². The summed E-state index contributed by atoms with van der Waals surface area (Å²) in [5, 5.41) is 4.87. The highest BCUT2D eigenvalue weighted by Gasteiger charge is 2.24. The van der Waals surface area contributed by atoms with Gasteiger partial charge in [0.15, 0.2) is 16.8 Å². The van der Waals surface area contributed by atoms with E-state index in [0.717, 1.165) is 36.0 Å². The van der Waals surface area contributed by atoms with E-state index < -0.39 is 11.6 Å². The topological polar surface area (TPSA) is 83.0 Å². The molecular formula is C23H21F2N5O2S. The molecule has 170 valence electrons. The molecule has 0 saturated carbocycles. The van der Waals surface area contributed by atoms with Crippen molar-refractivity contribution in [3.05, 3.63) is 70.0 Å². The zero-order chi connectivity index (χ0) is 22.9. The number of aromatic nitrogens is 3. The molecule has 0 atom stereocenters. The predicted octanol–water partition coefficient (Wildman–Crippen LogP) is 4.01. The van der Waals surface area contributed by atoms with Gasteiger partial charge in [-0.05, 0) is 43.2 Å². The lowest BCUT2D eigenvalue weighted by atomic mass is 10.0. The van der Waals surface area contributed by atoms with Gasteiger partial charge < -0.3 is 10.3 Å². The van der Waals surface area contributed by atoms with Crippen LogP contribution in [0.15, 0.2) is 52.6 Å². The van der Waals surface area contributed by atoms with Crippen LogP contribution >= 0.6 is 11.3 Å². The van der Waals surface area contributed by atoms with Crippen molar-refractivity contribution >= 4 is 33.4 Å². The standard InChI is InChI=1S/C23H21F2N5O2S/c24-16-6-5-14(11-17(16)25)19-13-33-22(26-19)28-21(31)12-29-9-7-15(8-10-29)30-20-4-2-1-3-18(20)27-23(30)32/h1-6,11,13,15H,7-10,12H2,(H,27,32)(H,26,28,31). The highest BCUT2D eigenvalue weighted by molar-refractivity contribution is 7.14. The summed E-state index contributed by atoms with van der Waals surface area (Å²) in [6.07, 6.45) is 1.54. The first-order valence-corrected chi connectivity index (χ1v) is 11.5. The number of imidazole rings is 1. The maximum atomic E-state index is 13.5. The van der Waals surface area contributed by atoms with Gasteiger partial charge in [0, 0.05) is 30.1 Å². The van der Waals surface area contributed by atoms with Crippen molar-refractivity contribution in [2.75, 3.05) is 25.0 Å². The highest BCUT2D eigenvalue weighted by Crippen LogP contribution is 2.27. The Morgan fingerprint density at radius 3 is 2.73 bits per heavy atom. The lowest BCUT2D eigenvalue weighted by Gasteiger charge is -2.31. The van der Waals surface area contributed by atoms with Gasteiger partial charge in [-0.1, -0.05) is 12.1 Å². The van der Waals surface area contributed by atoms with Gasteiger partial charge in [0.25, 0.3) is 0 Å². The summed E-state index contributed by atoms with van der Waals surface area (Å²) in [6.45, 7) is 1.61. The monoisotopic (exact) mass is 469 g/mol. The average Bonchev–Trinajstić information content (AvgIpc) is 3.39. The van der Waals surface area contributed by atoms with E-state index in [1.54, 1.807) is 5.38 Å². The first-order chi connectivity index (χ1) is 16.0. The first-order valence-electron chi connectivity index (χ1n) is 10.6. The molecule has 2 N–H and O–H groups in total. The minimum Gasteiger partial charge on any atom is -0.306 e. The van der Waals surface area contributed by atoms with Crippen molar-refractivity contribution in [2.24, 2.45) is 0 Å². The van der Waals surface area contributed by atoms with Crippen LogP contribution in [-0.4, -0.2) is 45.0 Å². The first kappa shape index (κ1) is 21.5. The minimum absolute atomic E-state index is 0.0885. The molecule has 4 aromatic rings. The van der Waals surface area contributed by atoms with Crippen LogP contribution in [0.4, 0.5) is 13.9 Å². The maximum Gasteiger partial charge on any atom is 0.326 e. The largest absolute Gasteiger partial charge is 0.326 e. The number of H-pyrrole nitrogens is 1. The minimum atomic E-state index is -0.940. The maximum absolute atomic E-state index is 13.5. The molecule has 2 aromatic heterocycles. The lowest BCUT2D eigenvalue weighted by Crippen LogP contribution is -2.40. The number of halogens is 2. The molecule has 0 bridgehead atoms. The smallest absolute Gasteiger partial charge is 0.306 e. The number of piperidine rings is 1. The summed E-state index contributed by atoms with van der Waals surface area (Å²) in [7, 11) is 0. The molecular weight excluding hydrogens is 448 g/mol. The fraction of sp³-hybridized carbons (Fsp3) is 0.261. The molecule has 33 heavy (non-hydrogen) atoms. The summed E-state index contributed by atoms with van der Waals surface area (Å²) < 4.78 is 28.4. The number of carbonyl (C=O) groups is 1. The highest BCUT2D eigenvalue weighted by atomic mass is 32.1. The number of fused-ring (bicyclic) bond motifs is 1. The SMILES string of the molecule is O=C(CN1CCC(n2c(=O)[nH]c3ccccc32)CC1)Nc1nc(-c2ccc(F)c(F)c2)cs1. The molecule has 10 heteroatoms. The van der Waals surface area contributed by atoms with E-state index in [2.05, 4.69) is 20.2 Å². The van der Waals surface area contributed by atoms with Gasteiger partial charge in [-0.2, -0.15) is 0 Å². The molecule has 0 radical (unpaired) electrons. The number of carbonyl (C=O) groups excluding carboxylic acids is 1. The number of hydrogen-bond donors (Lipinski definition) is 2. The number of rotatable bonds is 5. The number of nitrogens with one attached hydrogen (secondary N) is 2. The number of aromatic amines is 1. The summed E-state index contributed by atoms with van der Waals surface area (Å²) >= 11 is 1.23. The van der Waals surface area contributed by atoms with E-state index in [1.165, 1.54) is 17.4 Å². The number of thiazole rings is 1. The van der Waals surface area contributed by atoms with Crippen LogP contribution in [0.1, 0.15) is 18.9 Å². The van der Waals surface area contributed by atoms with Gasteiger partial charge in [0.05, 0.1) is 23.3 Å². The zero-order valence-electron chi connectivity index (χ0n) is 17.6. The van der Waals surface area contributed by atoms with E-state index in [9.17, 15) is 18.4 Å². The van der Waals surface area contributed by atoms with Crippen molar-refractivity contribution in [2.45, 2.75) is 18.9 Å². The number of nitrogens with zero attached hydrogens (tertiary/aromatic N) is 3. The van der Waals surface area contributed by atoms with Crippen molar-refractivity contribution in [3.63, 3.8) is 0 Å². The van der Waals surface area contributed by atoms with E-state index in [-0.39, 0.29) is 24.2 Å². The quantitative estimate of drug-likeness (QED) is 0.463. The Bertz CT molecular complexity index is 1370. The molecule has 1 amide bonds. The number of benzene rings is 2. The van der Waals surface area contributed by atoms with E-state index in [1.807, 2.05) is 28.8 Å². The molecule has 1 fully saturated rings. The van der Waals surface area contributed by atoms with Crippen molar-refractivity contribution in [1.82, 2.24) is 19.4 Å². The Morgan fingerprint density at radius 1 is 1.15 bits per heavy atom. The van der Waals surface area contributed by atoms with Gasteiger partial charge in [0.1, 0.15) is 0 Å². The number of anilines is 1. The normalized spacial score (nSPS) is 15.2. The molecule has 1 aliphatic rings. The average molecular weight is 470 g/mol. The number of hydrogen-bond acceptors (Lipinski definition) is 5. The third kappa shape index (κ3) is 4.44. The van der Waals surface area contributed by atoms with Crippen molar-refractivity contribution < 1.29 is 13.6 Å². The predicted molar refractivity (Wildman–Crippen MR) is 123 cm³/mol. The Labute approximate surface area is 191 Å². The van der Waals surface area contributed by atoms with Crippen molar-refractivity contribution in [3.8, 4) is 11.3 Å². The third-order valence-corrected chi connectivity index (χ3v) is 6.64. The van der Waals surface area contributed by atoms with Gasteiger partial charge in [0.2, 0.25) is 5.91 Å². The van der Waals surface area contributed by atoms with E-state index in [0.29, 0.717) is 29.5 Å². The summed E-state index contributed by atoms with van der Waals surface area (Å²) in [6, 6.07) is 11.3. The Kier molecular flexibility index (Phi) is 5.77. The lowest BCUT2D eigenvalue weighted by molar-refractivity contribution is -0.117. The summed E-state index contributed by atoms with van der Waals surface area (Å²) in [5.41, 5.74) is 2.54. The van der Waals surface area contributed by atoms with Gasteiger partial charge in [-0.25, -0.2) is 18.6 Å². The second-order valence-electron chi connectivity index (χ2n) is 8.04. The van der Waals surface area contributed by atoms with Crippen LogP contribution in [0.2, 0.25) is 0 Å². The fourth-order valence-corrected chi connectivity index (χ4v) is 4.99. The third-order valence-electron chi connectivity index (χ3n) is 5.88. The van der Waals surface area contributed by atoms with Crippen LogP contribution in [-0.2, 0) is 4.79 Å². The fourth-order valence-electron chi connectivity index (χ4n) is 4.25. The summed E-state index contributed by atoms with van der Waals surface area (Å²) in [5.74, 6) is -2.05. The van der Waals surface area contributed by atoms with Gasteiger partial charge >= 0.3 is 5.69 Å². The second-order valence-corrected chi connectivity index (χ2v) is 8.90. The molecule has 0 aliphatic carbocycles. The molecule has 7 nitrogen and oxygen atoms in total. The number of para-hydroxylation sites is 2. The van der Waals surface area contributed by atoms with Crippen LogP contribution in [0.3, 0.4) is 0 Å². The molecule has 2 aromatic carbocycles. The number of amides is 1. The molecule has 1 aliphatic heterocycles. The molecule has 3 heterocycles. The van der Waals surface area contributed by atoms with Gasteiger partial charge in [-0.3, -0.25) is 14.3 Å². The zero-order valence-corrected chi connectivity index (χ0v) is 18.4. The molecule has 0 spiro atoms. The Hall–Kier alpha value is -3.37. The Balaban J connectivity index is 1.17. The Morgan fingerprint density at radius 2 is 1.94 bits per heavy atom. The number of likely N-dealkylation sites (tertiary alicyclic amines) is 1. The summed E-state index contributed by atoms with van der Waals surface area (Å²) in [4.78, 5) is 34.2. The molecule has 0 unspecified atom stereocenters. The van der Waals surface area contributed by atoms with E-state index in [4.69, 9.17) is 0 Å². The van der Waals surface area contributed by atoms with E-state index >= 15 is 0 Å². The molecule has 5 rings (SSSR count). The van der Waals surface area contributed by atoms with Crippen LogP contribution < -0.4 is 11.0 Å². The molecule has 1 saturated heterocycles. The van der Waals surface area contributed by atoms with Crippen LogP contribution in [0, 0.1) is 11.6 Å².